The number of hydrogen-bond acceptors (Lipinski definition) is 4. The first-order chi connectivity index (χ1) is 11.7. The number of aliphatic imine (C=N–C) groups is 1. The summed E-state index contributed by atoms with van der Waals surface area (Å²) in [5.74, 6) is 0.0552. The van der Waals surface area contributed by atoms with E-state index in [1.165, 1.54) is 5.56 Å². The van der Waals surface area contributed by atoms with Gasteiger partial charge in [-0.2, -0.15) is 9.98 Å². The van der Waals surface area contributed by atoms with Crippen LogP contribution in [0.15, 0.2) is 64.0 Å². The Kier molecular flexibility index (Phi) is 3.49. The van der Waals surface area contributed by atoms with Crippen LogP contribution in [-0.4, -0.2) is 16.9 Å². The SMILES string of the molecule is NC(=Nc1nc2ccccc2o1)NC(=O)[C@@H]1C[C@H]1c1ccccc1. The molecule has 6 nitrogen and oxygen atoms in total. The second kappa shape index (κ2) is 5.81. The molecule has 1 saturated carbocycles. The molecule has 2 aromatic carbocycles. The van der Waals surface area contributed by atoms with Crippen molar-refractivity contribution in [1.29, 1.82) is 0 Å². The van der Waals surface area contributed by atoms with Crippen molar-refractivity contribution in [2.45, 2.75) is 12.3 Å². The highest BCUT2D eigenvalue weighted by molar-refractivity contribution is 5.99. The lowest BCUT2D eigenvalue weighted by atomic mass is 10.1. The maximum atomic E-state index is 12.2. The Bertz CT molecular complexity index is 884. The molecule has 120 valence electrons. The number of nitrogens with two attached hydrogens (primary N) is 1. The number of guanidine groups is 1. The lowest BCUT2D eigenvalue weighted by Crippen LogP contribution is -2.37. The molecule has 3 aromatic rings. The summed E-state index contributed by atoms with van der Waals surface area (Å²) in [6.45, 7) is 0. The molecule has 1 heterocycles. The Hall–Kier alpha value is -3.15. The van der Waals surface area contributed by atoms with E-state index in [0.29, 0.717) is 11.1 Å². The van der Waals surface area contributed by atoms with Crippen LogP contribution >= 0.6 is 0 Å². The van der Waals surface area contributed by atoms with Gasteiger partial charge < -0.3 is 10.2 Å². The molecule has 1 aromatic heterocycles. The van der Waals surface area contributed by atoms with E-state index in [2.05, 4.69) is 15.3 Å². The molecule has 2 atom stereocenters. The fourth-order valence-corrected chi connectivity index (χ4v) is 2.81. The minimum Gasteiger partial charge on any atom is -0.422 e. The Balaban J connectivity index is 1.42. The van der Waals surface area contributed by atoms with Gasteiger partial charge in [-0.05, 0) is 30.0 Å². The number of oxazole rings is 1. The van der Waals surface area contributed by atoms with Crippen LogP contribution in [0.25, 0.3) is 11.1 Å². The van der Waals surface area contributed by atoms with Crippen molar-refractivity contribution in [1.82, 2.24) is 10.3 Å². The molecule has 0 unspecified atom stereocenters. The number of nitrogens with zero attached hydrogens (tertiary/aromatic N) is 2. The molecule has 4 rings (SSSR count). The van der Waals surface area contributed by atoms with Gasteiger partial charge in [-0.1, -0.05) is 42.5 Å². The van der Waals surface area contributed by atoms with Crippen LogP contribution in [0.3, 0.4) is 0 Å². The summed E-state index contributed by atoms with van der Waals surface area (Å²) in [6, 6.07) is 17.4. The van der Waals surface area contributed by atoms with E-state index in [1.807, 2.05) is 48.5 Å². The second-order valence-corrected chi connectivity index (χ2v) is 5.81. The van der Waals surface area contributed by atoms with Crippen molar-refractivity contribution in [2.24, 2.45) is 16.6 Å². The highest BCUT2D eigenvalue weighted by Crippen LogP contribution is 2.47. The third-order valence-electron chi connectivity index (χ3n) is 4.10. The Morgan fingerprint density at radius 2 is 1.92 bits per heavy atom. The van der Waals surface area contributed by atoms with E-state index in [4.69, 9.17) is 10.2 Å². The van der Waals surface area contributed by atoms with Crippen LogP contribution in [0.5, 0.6) is 0 Å². The minimum absolute atomic E-state index is 0.00901. The van der Waals surface area contributed by atoms with Gasteiger partial charge in [0.2, 0.25) is 11.9 Å². The molecule has 6 heteroatoms. The maximum Gasteiger partial charge on any atom is 0.325 e. The van der Waals surface area contributed by atoms with Crippen molar-refractivity contribution in [3.8, 4) is 0 Å². The van der Waals surface area contributed by atoms with Crippen molar-refractivity contribution in [3.63, 3.8) is 0 Å². The number of carbonyl (C=O) groups is 1. The number of rotatable bonds is 3. The highest BCUT2D eigenvalue weighted by atomic mass is 16.4. The largest absolute Gasteiger partial charge is 0.422 e. The zero-order valence-corrected chi connectivity index (χ0v) is 12.8. The lowest BCUT2D eigenvalue weighted by molar-refractivity contribution is -0.121. The Morgan fingerprint density at radius 3 is 2.71 bits per heavy atom. The van der Waals surface area contributed by atoms with Crippen molar-refractivity contribution in [3.05, 3.63) is 60.2 Å². The summed E-state index contributed by atoms with van der Waals surface area (Å²) in [7, 11) is 0. The van der Waals surface area contributed by atoms with Crippen LogP contribution in [0, 0.1) is 5.92 Å². The zero-order chi connectivity index (χ0) is 16.5. The average Bonchev–Trinajstić information content (AvgIpc) is 3.29. The van der Waals surface area contributed by atoms with Crippen molar-refractivity contribution < 1.29 is 9.21 Å². The molecular formula is C18H16N4O2. The van der Waals surface area contributed by atoms with E-state index < -0.39 is 0 Å². The lowest BCUT2D eigenvalue weighted by Gasteiger charge is -2.03. The molecule has 1 amide bonds. The number of para-hydroxylation sites is 2. The van der Waals surface area contributed by atoms with Crippen molar-refractivity contribution in [2.75, 3.05) is 0 Å². The van der Waals surface area contributed by atoms with E-state index in [1.54, 1.807) is 6.07 Å². The molecule has 0 spiro atoms. The molecule has 3 N–H and O–H groups in total. The molecular weight excluding hydrogens is 304 g/mol. The van der Waals surface area contributed by atoms with Gasteiger partial charge >= 0.3 is 6.01 Å². The normalized spacial score (nSPS) is 20.1. The standard InChI is InChI=1S/C18H16N4O2/c19-17(22-18-20-14-8-4-5-9-15(14)24-18)21-16(23)13-10-12(13)11-6-2-1-3-7-11/h1-9,12-13H,10H2,(H3,19,20,21,22,23)/t12-,13+/m0/s1. The fraction of sp³-hybridized carbons (Fsp3) is 0.167. The summed E-state index contributed by atoms with van der Waals surface area (Å²) in [4.78, 5) is 20.5. The van der Waals surface area contributed by atoms with Crippen LogP contribution < -0.4 is 11.1 Å². The van der Waals surface area contributed by atoms with Gasteiger partial charge in [0, 0.05) is 5.92 Å². The van der Waals surface area contributed by atoms with Gasteiger partial charge in [0.25, 0.3) is 0 Å². The smallest absolute Gasteiger partial charge is 0.325 e. The molecule has 0 aliphatic heterocycles. The number of fused-ring (bicyclic) bond motifs is 1. The van der Waals surface area contributed by atoms with Gasteiger partial charge in [-0.3, -0.25) is 10.1 Å². The first-order valence-corrected chi connectivity index (χ1v) is 7.76. The molecule has 0 bridgehead atoms. The van der Waals surface area contributed by atoms with Crippen LogP contribution in [0.1, 0.15) is 17.9 Å². The summed E-state index contributed by atoms with van der Waals surface area (Å²) in [5, 5.41) is 2.62. The third-order valence-corrected chi connectivity index (χ3v) is 4.10. The van der Waals surface area contributed by atoms with E-state index in [0.717, 1.165) is 6.42 Å². The van der Waals surface area contributed by atoms with Crippen LogP contribution in [0.4, 0.5) is 6.01 Å². The summed E-state index contributed by atoms with van der Waals surface area (Å²) in [5.41, 5.74) is 8.29. The summed E-state index contributed by atoms with van der Waals surface area (Å²) < 4.78 is 5.46. The number of nitrogens with one attached hydrogen (secondary N) is 1. The zero-order valence-electron chi connectivity index (χ0n) is 12.8. The van der Waals surface area contributed by atoms with Gasteiger partial charge in [0.05, 0.1) is 0 Å². The van der Waals surface area contributed by atoms with Gasteiger partial charge in [-0.15, -0.1) is 0 Å². The van der Waals surface area contributed by atoms with Crippen LogP contribution in [0.2, 0.25) is 0 Å². The van der Waals surface area contributed by atoms with E-state index >= 15 is 0 Å². The molecule has 1 aliphatic rings. The predicted octanol–water partition coefficient (Wildman–Crippen LogP) is 2.69. The first kappa shape index (κ1) is 14.4. The molecule has 1 fully saturated rings. The third kappa shape index (κ3) is 2.86. The Morgan fingerprint density at radius 1 is 1.17 bits per heavy atom. The number of amides is 1. The highest BCUT2D eigenvalue weighted by Gasteiger charge is 2.44. The van der Waals surface area contributed by atoms with E-state index in [-0.39, 0.29) is 29.7 Å². The van der Waals surface area contributed by atoms with Crippen LogP contribution in [-0.2, 0) is 4.79 Å². The van der Waals surface area contributed by atoms with Gasteiger partial charge in [0.15, 0.2) is 5.58 Å². The predicted molar refractivity (Wildman–Crippen MR) is 90.7 cm³/mol. The molecule has 1 aliphatic carbocycles. The topological polar surface area (TPSA) is 93.5 Å². The fourth-order valence-electron chi connectivity index (χ4n) is 2.81. The molecule has 24 heavy (non-hydrogen) atoms. The van der Waals surface area contributed by atoms with Gasteiger partial charge in [-0.25, -0.2) is 0 Å². The van der Waals surface area contributed by atoms with E-state index in [9.17, 15) is 4.79 Å². The van der Waals surface area contributed by atoms with Gasteiger partial charge in [0.1, 0.15) is 5.52 Å². The summed E-state index contributed by atoms with van der Waals surface area (Å²) in [6.07, 6.45) is 0.825. The number of benzene rings is 2. The second-order valence-electron chi connectivity index (χ2n) is 5.81. The number of hydrogen-bond donors (Lipinski definition) is 2. The number of carbonyl (C=O) groups excluding carboxylic acids is 1. The Labute approximate surface area is 138 Å². The maximum absolute atomic E-state index is 12.2. The minimum atomic E-state index is -0.124. The quantitative estimate of drug-likeness (QED) is 0.573. The average molecular weight is 320 g/mol. The number of aromatic nitrogens is 1. The summed E-state index contributed by atoms with van der Waals surface area (Å²) >= 11 is 0. The van der Waals surface area contributed by atoms with Crippen molar-refractivity contribution >= 4 is 29.0 Å². The monoisotopic (exact) mass is 320 g/mol. The first-order valence-electron chi connectivity index (χ1n) is 7.76. The molecule has 0 radical (unpaired) electrons. The molecule has 0 saturated heterocycles.